The monoisotopic (exact) mass is 518 g/mol. The van der Waals surface area contributed by atoms with E-state index in [2.05, 4.69) is 135 Å². The summed E-state index contributed by atoms with van der Waals surface area (Å²) in [5, 5.41) is 4.27. The van der Waals surface area contributed by atoms with Crippen molar-refractivity contribution in [3.63, 3.8) is 0 Å². The highest BCUT2D eigenvalue weighted by Gasteiger charge is 2.46. The van der Waals surface area contributed by atoms with Crippen LogP contribution in [0.1, 0.15) is 11.1 Å². The maximum atomic E-state index is 6.31. The molecule has 0 radical (unpaired) electrons. The third-order valence-corrected chi connectivity index (χ3v) is 12.5. The molecule has 4 rings (SSSR count). The topological polar surface area (TPSA) is 9.23 Å². The first-order chi connectivity index (χ1) is 16.5. The quantitative estimate of drug-likeness (QED) is 0.175. The SMILES string of the molecule is C[Si](C)(C)CCOCc1ccccc1[P+](Cc1ccccc1)(c1ccccc1)c1ccccc1.[Cl-]. The van der Waals surface area contributed by atoms with Crippen LogP contribution in [0.4, 0.5) is 0 Å². The summed E-state index contributed by atoms with van der Waals surface area (Å²) in [6, 6.07) is 43.4. The predicted molar refractivity (Wildman–Crippen MR) is 153 cm³/mol. The van der Waals surface area contributed by atoms with Crippen LogP contribution in [-0.2, 0) is 17.5 Å². The Hall–Kier alpha value is -2.22. The van der Waals surface area contributed by atoms with E-state index in [4.69, 9.17) is 4.74 Å². The van der Waals surface area contributed by atoms with E-state index in [-0.39, 0.29) is 12.4 Å². The number of hydrogen-bond acceptors (Lipinski definition) is 1. The van der Waals surface area contributed by atoms with E-state index < -0.39 is 15.3 Å². The maximum Gasteiger partial charge on any atom is 0.116 e. The number of halogens is 1. The van der Waals surface area contributed by atoms with Crippen molar-refractivity contribution in [3.05, 3.63) is 126 Å². The second-order valence-electron chi connectivity index (χ2n) is 10.1. The van der Waals surface area contributed by atoms with Crippen LogP contribution in [0.15, 0.2) is 115 Å². The largest absolute Gasteiger partial charge is 1.00 e. The molecule has 0 bridgehead atoms. The van der Waals surface area contributed by atoms with Crippen molar-refractivity contribution in [1.29, 1.82) is 0 Å². The molecule has 0 spiro atoms. The van der Waals surface area contributed by atoms with Gasteiger partial charge in [-0.2, -0.15) is 0 Å². The number of rotatable bonds is 10. The summed E-state index contributed by atoms with van der Waals surface area (Å²) in [5.41, 5.74) is 2.69. The van der Waals surface area contributed by atoms with Crippen LogP contribution in [0, 0.1) is 0 Å². The fourth-order valence-electron chi connectivity index (χ4n) is 4.48. The lowest BCUT2D eigenvalue weighted by molar-refractivity contribution is -0.00000770. The number of ether oxygens (including phenoxy) is 1. The van der Waals surface area contributed by atoms with E-state index in [1.54, 1.807) is 0 Å². The van der Waals surface area contributed by atoms with Gasteiger partial charge in [-0.25, -0.2) is 0 Å². The van der Waals surface area contributed by atoms with Crippen LogP contribution in [0.3, 0.4) is 0 Å². The summed E-state index contributed by atoms with van der Waals surface area (Å²) >= 11 is 0. The molecule has 0 aromatic heterocycles. The van der Waals surface area contributed by atoms with E-state index in [9.17, 15) is 0 Å². The molecular weight excluding hydrogens is 483 g/mol. The van der Waals surface area contributed by atoms with Crippen LogP contribution in [0.2, 0.25) is 25.7 Å². The molecule has 35 heavy (non-hydrogen) atoms. The summed E-state index contributed by atoms with van der Waals surface area (Å²) in [5.74, 6) is 0. The minimum absolute atomic E-state index is 0. The van der Waals surface area contributed by atoms with Crippen LogP contribution >= 0.6 is 7.26 Å². The highest BCUT2D eigenvalue weighted by atomic mass is 35.5. The third-order valence-electron chi connectivity index (χ3n) is 6.31. The Morgan fingerprint density at radius 1 is 0.629 bits per heavy atom. The van der Waals surface area contributed by atoms with Crippen molar-refractivity contribution in [2.75, 3.05) is 6.61 Å². The van der Waals surface area contributed by atoms with Gasteiger partial charge in [0.1, 0.15) is 23.2 Å². The third kappa shape index (κ3) is 6.93. The maximum absolute atomic E-state index is 6.31. The average molecular weight is 519 g/mol. The molecule has 4 aromatic carbocycles. The van der Waals surface area contributed by atoms with Gasteiger partial charge in [0.25, 0.3) is 0 Å². The first-order valence-electron chi connectivity index (χ1n) is 12.2. The molecule has 0 aliphatic carbocycles. The van der Waals surface area contributed by atoms with Gasteiger partial charge in [0.15, 0.2) is 0 Å². The zero-order valence-electron chi connectivity index (χ0n) is 21.0. The Morgan fingerprint density at radius 3 is 1.66 bits per heavy atom. The standard InChI is InChI=1S/C31H36OPSi.ClH/c1-34(2,3)24-23-32-25-28-17-13-14-22-31(28)33(29-18-9-5-10-19-29,30-20-11-6-12-21-30)26-27-15-7-4-8-16-27;/h4-22H,23-26H2,1-3H3;1H/q+1;/p-1. The smallest absolute Gasteiger partial charge is 0.116 e. The molecule has 0 unspecified atom stereocenters. The average Bonchev–Trinajstić information content (AvgIpc) is 2.87. The van der Waals surface area contributed by atoms with E-state index >= 15 is 0 Å². The van der Waals surface area contributed by atoms with E-state index in [0.29, 0.717) is 6.61 Å². The van der Waals surface area contributed by atoms with Gasteiger partial charge in [-0.3, -0.25) is 0 Å². The molecule has 0 saturated heterocycles. The zero-order valence-corrected chi connectivity index (χ0v) is 23.7. The van der Waals surface area contributed by atoms with Gasteiger partial charge in [-0.1, -0.05) is 105 Å². The van der Waals surface area contributed by atoms with Gasteiger partial charge < -0.3 is 17.1 Å². The fraction of sp³-hybridized carbons (Fsp3) is 0.226. The summed E-state index contributed by atoms with van der Waals surface area (Å²) in [6.07, 6.45) is 0.994. The lowest BCUT2D eigenvalue weighted by Crippen LogP contribution is -3.00. The fourth-order valence-corrected chi connectivity index (χ4v) is 9.72. The summed E-state index contributed by atoms with van der Waals surface area (Å²) in [4.78, 5) is 0. The van der Waals surface area contributed by atoms with Gasteiger partial charge >= 0.3 is 0 Å². The molecule has 0 fully saturated rings. The lowest BCUT2D eigenvalue weighted by Gasteiger charge is -2.29. The Labute approximate surface area is 219 Å². The molecule has 4 heteroatoms. The van der Waals surface area contributed by atoms with E-state index in [1.165, 1.54) is 33.1 Å². The molecular formula is C31H36ClOPSi. The lowest BCUT2D eigenvalue weighted by atomic mass is 10.2. The van der Waals surface area contributed by atoms with Gasteiger partial charge in [0, 0.05) is 20.2 Å². The van der Waals surface area contributed by atoms with E-state index in [0.717, 1.165) is 12.8 Å². The predicted octanol–water partition coefficient (Wildman–Crippen LogP) is 4.04. The van der Waals surface area contributed by atoms with Crippen molar-refractivity contribution < 1.29 is 17.1 Å². The van der Waals surface area contributed by atoms with Crippen LogP contribution in [0.5, 0.6) is 0 Å². The minimum Gasteiger partial charge on any atom is -1.00 e. The van der Waals surface area contributed by atoms with E-state index in [1.807, 2.05) is 0 Å². The Morgan fingerprint density at radius 2 is 1.11 bits per heavy atom. The molecule has 0 amide bonds. The molecule has 0 heterocycles. The van der Waals surface area contributed by atoms with Crippen LogP contribution in [0.25, 0.3) is 0 Å². The number of benzene rings is 4. The van der Waals surface area contributed by atoms with Crippen molar-refractivity contribution in [2.45, 2.75) is 38.5 Å². The molecule has 0 saturated carbocycles. The highest BCUT2D eigenvalue weighted by Crippen LogP contribution is 2.58. The van der Waals surface area contributed by atoms with Crippen molar-refractivity contribution in [2.24, 2.45) is 0 Å². The summed E-state index contributed by atoms with van der Waals surface area (Å²) in [7, 11) is -3.09. The second kappa shape index (κ2) is 12.7. The van der Waals surface area contributed by atoms with Gasteiger partial charge in [-0.05, 0) is 41.9 Å². The van der Waals surface area contributed by atoms with Crippen LogP contribution in [-0.4, -0.2) is 14.7 Å². The van der Waals surface area contributed by atoms with Crippen LogP contribution < -0.4 is 28.3 Å². The van der Waals surface area contributed by atoms with Gasteiger partial charge in [-0.15, -0.1) is 0 Å². The molecule has 0 aliphatic heterocycles. The Balaban J connectivity index is 0.00000342. The summed E-state index contributed by atoms with van der Waals surface area (Å²) in [6.45, 7) is 8.73. The second-order valence-corrected chi connectivity index (χ2v) is 19.2. The Kier molecular flexibility index (Phi) is 9.89. The molecule has 182 valence electrons. The molecule has 0 aliphatic rings. The minimum atomic E-state index is -1.97. The molecule has 0 atom stereocenters. The summed E-state index contributed by atoms with van der Waals surface area (Å²) < 4.78 is 6.31. The van der Waals surface area contributed by atoms with Crippen molar-refractivity contribution in [3.8, 4) is 0 Å². The van der Waals surface area contributed by atoms with Gasteiger partial charge in [0.2, 0.25) is 0 Å². The molecule has 0 N–H and O–H groups in total. The Bertz CT molecular complexity index is 1120. The van der Waals surface area contributed by atoms with Crippen molar-refractivity contribution in [1.82, 2.24) is 0 Å². The number of hydrogen-bond donors (Lipinski definition) is 0. The van der Waals surface area contributed by atoms with Crippen molar-refractivity contribution >= 4 is 31.2 Å². The normalized spacial score (nSPS) is 11.6. The first kappa shape index (κ1) is 27.4. The zero-order chi connectivity index (χ0) is 23.9. The highest BCUT2D eigenvalue weighted by molar-refractivity contribution is 7.95. The first-order valence-corrected chi connectivity index (χ1v) is 17.9. The van der Waals surface area contributed by atoms with Gasteiger partial charge in [0.05, 0.1) is 12.8 Å². The molecule has 1 nitrogen and oxygen atoms in total. The molecule has 4 aromatic rings.